The van der Waals surface area contributed by atoms with Gasteiger partial charge in [0.15, 0.2) is 0 Å². The average molecular weight is 371 g/mol. The van der Waals surface area contributed by atoms with Crippen molar-refractivity contribution in [1.29, 1.82) is 0 Å². The predicted octanol–water partition coefficient (Wildman–Crippen LogP) is 4.42. The largest absolute Gasteiger partial charge is 0.493 e. The normalized spacial score (nSPS) is 14.7. The smallest absolute Gasteiger partial charge is 0.125 e. The molecule has 0 radical (unpaired) electrons. The van der Waals surface area contributed by atoms with Gasteiger partial charge in [0.2, 0.25) is 0 Å². The highest BCUT2D eigenvalue weighted by Crippen LogP contribution is 2.35. The van der Waals surface area contributed by atoms with E-state index >= 15 is 0 Å². The van der Waals surface area contributed by atoms with E-state index < -0.39 is 0 Å². The highest BCUT2D eigenvalue weighted by molar-refractivity contribution is 9.10. The van der Waals surface area contributed by atoms with Crippen LogP contribution in [0.4, 0.5) is 4.39 Å². The van der Waals surface area contributed by atoms with Gasteiger partial charge in [0, 0.05) is 22.0 Å². The zero-order valence-corrected chi connectivity index (χ0v) is 13.5. The molecular weight excluding hydrogens is 357 g/mol. The van der Waals surface area contributed by atoms with Gasteiger partial charge in [-0.2, -0.15) is 0 Å². The van der Waals surface area contributed by atoms with Crippen LogP contribution in [0.1, 0.15) is 22.7 Å². The van der Waals surface area contributed by atoms with Crippen molar-refractivity contribution < 1.29 is 9.13 Å². The van der Waals surface area contributed by atoms with Crippen LogP contribution in [0.2, 0.25) is 5.02 Å². The summed E-state index contributed by atoms with van der Waals surface area (Å²) in [5.74, 6) is 0.564. The fraction of sp³-hybridized carbons (Fsp3) is 0.250. The standard InChI is InChI=1S/C16H14BrClFNO/c17-11-5-9-3-4-21-16(9)10(6-11)7-15(20)13-2-1-12(19)8-14(13)18/h1-2,5-6,8,15H,3-4,7,20H2. The summed E-state index contributed by atoms with van der Waals surface area (Å²) in [4.78, 5) is 0. The number of ether oxygens (including phenoxy) is 1. The Bertz CT molecular complexity index is 692. The maximum absolute atomic E-state index is 13.1. The lowest BCUT2D eigenvalue weighted by Gasteiger charge is -2.16. The minimum absolute atomic E-state index is 0.305. The summed E-state index contributed by atoms with van der Waals surface area (Å²) in [7, 11) is 0. The molecule has 110 valence electrons. The van der Waals surface area contributed by atoms with E-state index in [2.05, 4.69) is 22.0 Å². The monoisotopic (exact) mass is 369 g/mol. The summed E-state index contributed by atoms with van der Waals surface area (Å²) >= 11 is 9.59. The van der Waals surface area contributed by atoms with E-state index in [-0.39, 0.29) is 11.9 Å². The lowest BCUT2D eigenvalue weighted by molar-refractivity contribution is 0.352. The van der Waals surface area contributed by atoms with Crippen molar-refractivity contribution in [2.75, 3.05) is 6.61 Å². The Labute approximate surface area is 136 Å². The van der Waals surface area contributed by atoms with Crippen LogP contribution >= 0.6 is 27.5 Å². The molecule has 5 heteroatoms. The molecule has 0 aliphatic carbocycles. The molecule has 0 amide bonds. The maximum Gasteiger partial charge on any atom is 0.125 e. The second-order valence-electron chi connectivity index (χ2n) is 5.13. The molecule has 1 heterocycles. The van der Waals surface area contributed by atoms with Gasteiger partial charge < -0.3 is 10.5 Å². The predicted molar refractivity (Wildman–Crippen MR) is 85.4 cm³/mol. The first kappa shape index (κ1) is 14.8. The van der Waals surface area contributed by atoms with Gasteiger partial charge in [-0.1, -0.05) is 33.6 Å². The summed E-state index contributed by atoms with van der Waals surface area (Å²) in [5.41, 5.74) is 9.22. The van der Waals surface area contributed by atoms with Crippen molar-refractivity contribution in [3.8, 4) is 5.75 Å². The molecule has 0 bridgehead atoms. The van der Waals surface area contributed by atoms with E-state index in [1.807, 2.05) is 6.07 Å². The minimum Gasteiger partial charge on any atom is -0.493 e. The van der Waals surface area contributed by atoms with E-state index in [4.69, 9.17) is 22.1 Å². The van der Waals surface area contributed by atoms with Gasteiger partial charge in [-0.3, -0.25) is 0 Å². The Kier molecular flexibility index (Phi) is 4.20. The Morgan fingerprint density at radius 2 is 2.14 bits per heavy atom. The molecule has 1 atom stereocenters. The molecule has 2 nitrogen and oxygen atoms in total. The first-order chi connectivity index (χ1) is 10.0. The van der Waals surface area contributed by atoms with Crippen molar-refractivity contribution >= 4 is 27.5 Å². The quantitative estimate of drug-likeness (QED) is 0.868. The Morgan fingerprint density at radius 1 is 1.33 bits per heavy atom. The zero-order valence-electron chi connectivity index (χ0n) is 11.2. The molecular formula is C16H14BrClFNO. The Hall–Kier alpha value is -1.10. The van der Waals surface area contributed by atoms with Crippen LogP contribution in [-0.2, 0) is 12.8 Å². The number of fused-ring (bicyclic) bond motifs is 1. The topological polar surface area (TPSA) is 35.2 Å². The number of benzene rings is 2. The van der Waals surface area contributed by atoms with Crippen molar-refractivity contribution in [2.45, 2.75) is 18.9 Å². The third kappa shape index (κ3) is 3.07. The summed E-state index contributed by atoms with van der Waals surface area (Å²) in [6.07, 6.45) is 1.50. The van der Waals surface area contributed by atoms with Crippen molar-refractivity contribution in [3.63, 3.8) is 0 Å². The van der Waals surface area contributed by atoms with Crippen LogP contribution in [0, 0.1) is 5.82 Å². The second-order valence-corrected chi connectivity index (χ2v) is 6.45. The number of nitrogens with two attached hydrogens (primary N) is 1. The summed E-state index contributed by atoms with van der Waals surface area (Å²) in [6.45, 7) is 0.700. The molecule has 0 spiro atoms. The Balaban J connectivity index is 1.90. The number of hydrogen-bond donors (Lipinski definition) is 1. The molecule has 0 aromatic heterocycles. The number of hydrogen-bond acceptors (Lipinski definition) is 2. The molecule has 0 saturated heterocycles. The molecule has 21 heavy (non-hydrogen) atoms. The summed E-state index contributed by atoms with van der Waals surface area (Å²) < 4.78 is 19.8. The highest BCUT2D eigenvalue weighted by atomic mass is 79.9. The van der Waals surface area contributed by atoms with E-state index in [9.17, 15) is 4.39 Å². The van der Waals surface area contributed by atoms with Crippen molar-refractivity contribution in [3.05, 3.63) is 62.3 Å². The summed E-state index contributed by atoms with van der Waals surface area (Å²) in [5, 5.41) is 0.357. The summed E-state index contributed by atoms with van der Waals surface area (Å²) in [6, 6.07) is 8.09. The highest BCUT2D eigenvalue weighted by Gasteiger charge is 2.20. The lowest BCUT2D eigenvalue weighted by atomic mass is 9.97. The van der Waals surface area contributed by atoms with Gasteiger partial charge in [0.05, 0.1) is 6.61 Å². The van der Waals surface area contributed by atoms with Crippen LogP contribution in [0.5, 0.6) is 5.75 Å². The molecule has 2 N–H and O–H groups in total. The third-order valence-electron chi connectivity index (χ3n) is 3.63. The molecule has 2 aromatic carbocycles. The van der Waals surface area contributed by atoms with Gasteiger partial charge in [-0.15, -0.1) is 0 Å². The van der Waals surface area contributed by atoms with Crippen molar-refractivity contribution in [2.24, 2.45) is 5.73 Å². The van der Waals surface area contributed by atoms with Gasteiger partial charge >= 0.3 is 0 Å². The van der Waals surface area contributed by atoms with E-state index in [0.29, 0.717) is 18.1 Å². The number of rotatable bonds is 3. The third-order valence-corrected chi connectivity index (χ3v) is 4.41. The molecule has 0 saturated carbocycles. The van der Waals surface area contributed by atoms with E-state index in [1.165, 1.54) is 17.7 Å². The fourth-order valence-electron chi connectivity index (χ4n) is 2.65. The second kappa shape index (κ2) is 5.95. The first-order valence-electron chi connectivity index (χ1n) is 6.69. The van der Waals surface area contributed by atoms with Gasteiger partial charge in [-0.05, 0) is 47.4 Å². The molecule has 3 rings (SSSR count). The molecule has 1 aliphatic rings. The van der Waals surface area contributed by atoms with Gasteiger partial charge in [0.25, 0.3) is 0 Å². The van der Waals surface area contributed by atoms with Gasteiger partial charge in [-0.25, -0.2) is 4.39 Å². The SMILES string of the molecule is NC(Cc1cc(Br)cc2c1OCC2)c1ccc(F)cc1Cl. The Morgan fingerprint density at radius 3 is 2.90 bits per heavy atom. The van der Waals surface area contributed by atoms with Crippen LogP contribution in [0.3, 0.4) is 0 Å². The average Bonchev–Trinajstić information content (AvgIpc) is 2.86. The lowest BCUT2D eigenvalue weighted by Crippen LogP contribution is -2.14. The van der Waals surface area contributed by atoms with Crippen LogP contribution < -0.4 is 10.5 Å². The fourth-order valence-corrected chi connectivity index (χ4v) is 3.51. The van der Waals surface area contributed by atoms with E-state index in [1.54, 1.807) is 6.07 Å². The van der Waals surface area contributed by atoms with Crippen LogP contribution in [-0.4, -0.2) is 6.61 Å². The number of halogens is 3. The van der Waals surface area contributed by atoms with Crippen LogP contribution in [0.15, 0.2) is 34.8 Å². The first-order valence-corrected chi connectivity index (χ1v) is 7.86. The maximum atomic E-state index is 13.1. The van der Waals surface area contributed by atoms with Crippen LogP contribution in [0.25, 0.3) is 0 Å². The zero-order chi connectivity index (χ0) is 15.0. The molecule has 1 unspecified atom stereocenters. The van der Waals surface area contributed by atoms with Crippen molar-refractivity contribution in [1.82, 2.24) is 0 Å². The van der Waals surface area contributed by atoms with Gasteiger partial charge in [0.1, 0.15) is 11.6 Å². The molecule has 1 aliphatic heterocycles. The minimum atomic E-state index is -0.359. The van der Waals surface area contributed by atoms with E-state index in [0.717, 1.165) is 27.8 Å². The molecule has 0 fully saturated rings. The molecule has 2 aromatic rings.